The minimum atomic E-state index is -0.510. The van der Waals surface area contributed by atoms with Crippen LogP contribution >= 0.6 is 0 Å². The number of fused-ring (bicyclic) bond motifs is 1. The third-order valence-electron chi connectivity index (χ3n) is 7.55. The van der Waals surface area contributed by atoms with Crippen molar-refractivity contribution in [2.75, 3.05) is 44.0 Å². The number of nitrogens with zero attached hydrogens (tertiary/aromatic N) is 2. The largest absolute Gasteiger partial charge is 0.490 e. The van der Waals surface area contributed by atoms with E-state index in [4.69, 9.17) is 9.47 Å². The number of nitrogens with one attached hydrogen (secondary N) is 3. The van der Waals surface area contributed by atoms with Gasteiger partial charge in [-0.2, -0.15) is 0 Å². The predicted octanol–water partition coefficient (Wildman–Crippen LogP) is 5.18. The Balaban J connectivity index is 1.89. The molecule has 11 heteroatoms. The van der Waals surface area contributed by atoms with E-state index < -0.39 is 6.04 Å². The van der Waals surface area contributed by atoms with Crippen molar-refractivity contribution in [3.8, 4) is 5.75 Å². The van der Waals surface area contributed by atoms with E-state index in [0.717, 1.165) is 19.3 Å². The Kier molecular flexibility index (Phi) is 13.3. The summed E-state index contributed by atoms with van der Waals surface area (Å²) in [6.07, 6.45) is 1.89. The van der Waals surface area contributed by atoms with E-state index in [9.17, 15) is 19.5 Å². The van der Waals surface area contributed by atoms with Gasteiger partial charge in [-0.3, -0.25) is 4.79 Å². The number of aliphatic hydroxyl groups is 1. The number of anilines is 2. The van der Waals surface area contributed by atoms with Crippen molar-refractivity contribution in [2.24, 2.45) is 5.92 Å². The zero-order valence-electron chi connectivity index (χ0n) is 26.8. The maximum Gasteiger partial charge on any atom is 0.321 e. The smallest absolute Gasteiger partial charge is 0.321 e. The Hall–Kier alpha value is -3.83. The minimum Gasteiger partial charge on any atom is -0.490 e. The standard InChI is InChI=1S/C33H49N5O6/c1-22(2)34-32(41)35-27-15-16-29-28(18-27)31(40)38(24(4)21-39)19-23(3)30(43-17-11-10-12-25(5)44-29)20-37(6)33(42)36-26-13-8-7-9-14-26/h7-9,13-16,18,22-25,30,39H,10-12,17,19-21H2,1-6H3,(H,36,42)(H2,34,35,41)/t23-,24-,25-,30-/m0/s1. The molecule has 242 valence electrons. The van der Waals surface area contributed by atoms with Gasteiger partial charge in [0.2, 0.25) is 0 Å². The predicted molar refractivity (Wildman–Crippen MR) is 172 cm³/mol. The molecule has 0 bridgehead atoms. The average molecular weight is 612 g/mol. The molecule has 0 aromatic heterocycles. The molecule has 1 aliphatic heterocycles. The van der Waals surface area contributed by atoms with Crippen LogP contribution in [0.4, 0.5) is 21.0 Å². The molecule has 0 unspecified atom stereocenters. The van der Waals surface area contributed by atoms with Gasteiger partial charge in [0.25, 0.3) is 5.91 Å². The first-order valence-electron chi connectivity index (χ1n) is 15.5. The molecular formula is C33H49N5O6. The first kappa shape index (κ1) is 34.7. The van der Waals surface area contributed by atoms with Crippen LogP contribution in [0.2, 0.25) is 0 Å². The fraction of sp³-hybridized carbons (Fsp3) is 0.545. The highest BCUT2D eigenvalue weighted by Crippen LogP contribution is 2.28. The van der Waals surface area contributed by atoms with E-state index in [2.05, 4.69) is 16.0 Å². The average Bonchev–Trinajstić information content (AvgIpc) is 2.98. The van der Waals surface area contributed by atoms with Gasteiger partial charge in [-0.05, 0) is 77.3 Å². The van der Waals surface area contributed by atoms with Crippen molar-refractivity contribution >= 4 is 29.3 Å². The number of carbonyl (C=O) groups excluding carboxylic acids is 3. The fourth-order valence-electron chi connectivity index (χ4n) is 4.99. The topological polar surface area (TPSA) is 132 Å². The Morgan fingerprint density at radius 1 is 1.05 bits per heavy atom. The van der Waals surface area contributed by atoms with Crippen LogP contribution in [0.15, 0.2) is 48.5 Å². The normalized spacial score (nSPS) is 20.5. The summed E-state index contributed by atoms with van der Waals surface area (Å²) in [6, 6.07) is 13.1. The van der Waals surface area contributed by atoms with E-state index in [1.54, 1.807) is 42.0 Å². The number of amides is 5. The molecule has 0 aliphatic carbocycles. The molecule has 0 saturated heterocycles. The van der Waals surface area contributed by atoms with Crippen LogP contribution in [0.3, 0.4) is 0 Å². The third kappa shape index (κ3) is 10.4. The van der Waals surface area contributed by atoms with Crippen molar-refractivity contribution in [2.45, 2.75) is 78.2 Å². The highest BCUT2D eigenvalue weighted by Gasteiger charge is 2.31. The summed E-state index contributed by atoms with van der Waals surface area (Å²) >= 11 is 0. The fourth-order valence-corrected chi connectivity index (χ4v) is 4.99. The maximum absolute atomic E-state index is 14.2. The molecule has 4 atom stereocenters. The molecule has 11 nitrogen and oxygen atoms in total. The van der Waals surface area contributed by atoms with Gasteiger partial charge >= 0.3 is 12.1 Å². The summed E-state index contributed by atoms with van der Waals surface area (Å²) < 4.78 is 12.6. The van der Waals surface area contributed by atoms with Crippen LogP contribution < -0.4 is 20.7 Å². The Bertz CT molecular complexity index is 1230. The van der Waals surface area contributed by atoms with E-state index >= 15 is 0 Å². The van der Waals surface area contributed by atoms with Gasteiger partial charge in [0.05, 0.1) is 30.4 Å². The van der Waals surface area contributed by atoms with Gasteiger partial charge in [-0.25, -0.2) is 9.59 Å². The highest BCUT2D eigenvalue weighted by molar-refractivity contribution is 5.99. The second kappa shape index (κ2) is 16.9. The molecule has 2 aromatic carbocycles. The molecule has 1 heterocycles. The van der Waals surface area contributed by atoms with Crippen LogP contribution in [0.1, 0.15) is 64.2 Å². The summed E-state index contributed by atoms with van der Waals surface area (Å²) in [5.74, 6) is -0.105. The van der Waals surface area contributed by atoms with Crippen molar-refractivity contribution in [3.63, 3.8) is 0 Å². The number of hydrogen-bond acceptors (Lipinski definition) is 6. The Morgan fingerprint density at radius 3 is 2.45 bits per heavy atom. The molecule has 1 aliphatic rings. The van der Waals surface area contributed by atoms with Crippen molar-refractivity contribution in [1.29, 1.82) is 0 Å². The zero-order valence-corrected chi connectivity index (χ0v) is 26.8. The van der Waals surface area contributed by atoms with E-state index in [1.165, 1.54) is 0 Å². The summed E-state index contributed by atoms with van der Waals surface area (Å²) in [5, 5.41) is 18.6. The SMILES string of the molecule is CC(C)NC(=O)Nc1ccc2c(c1)C(=O)N([C@@H](C)CO)C[C@H](C)[C@H](CN(C)C(=O)Nc1ccccc1)OCCCC[C@H](C)O2. The summed E-state index contributed by atoms with van der Waals surface area (Å²) in [6.45, 7) is 10.3. The third-order valence-corrected chi connectivity index (χ3v) is 7.55. The summed E-state index contributed by atoms with van der Waals surface area (Å²) in [7, 11) is 1.72. The lowest BCUT2D eigenvalue weighted by Crippen LogP contribution is -2.48. The number of ether oxygens (including phenoxy) is 2. The number of hydrogen-bond donors (Lipinski definition) is 4. The van der Waals surface area contributed by atoms with E-state index in [0.29, 0.717) is 35.8 Å². The number of aliphatic hydroxyl groups excluding tert-OH is 1. The van der Waals surface area contributed by atoms with Crippen LogP contribution in [0.5, 0.6) is 5.75 Å². The number of rotatable bonds is 7. The zero-order chi connectivity index (χ0) is 32.2. The van der Waals surface area contributed by atoms with E-state index in [1.807, 2.05) is 58.0 Å². The van der Waals surface area contributed by atoms with Crippen molar-refractivity contribution in [3.05, 3.63) is 54.1 Å². The molecule has 0 spiro atoms. The van der Waals surface area contributed by atoms with Crippen molar-refractivity contribution < 1.29 is 29.0 Å². The van der Waals surface area contributed by atoms with Crippen LogP contribution in [-0.2, 0) is 4.74 Å². The Morgan fingerprint density at radius 2 is 1.77 bits per heavy atom. The first-order valence-corrected chi connectivity index (χ1v) is 15.5. The molecule has 0 radical (unpaired) electrons. The highest BCUT2D eigenvalue weighted by atomic mass is 16.5. The van der Waals surface area contributed by atoms with Crippen LogP contribution in [0, 0.1) is 5.92 Å². The summed E-state index contributed by atoms with van der Waals surface area (Å²) in [4.78, 5) is 42.8. The van der Waals surface area contributed by atoms with Gasteiger partial charge in [0, 0.05) is 50.1 Å². The molecule has 5 amide bonds. The van der Waals surface area contributed by atoms with Gasteiger partial charge < -0.3 is 40.3 Å². The molecule has 3 rings (SSSR count). The molecule has 44 heavy (non-hydrogen) atoms. The molecular weight excluding hydrogens is 562 g/mol. The number of para-hydroxylation sites is 1. The van der Waals surface area contributed by atoms with E-state index in [-0.39, 0.29) is 55.3 Å². The van der Waals surface area contributed by atoms with Crippen molar-refractivity contribution in [1.82, 2.24) is 15.1 Å². The molecule has 2 aromatic rings. The number of urea groups is 2. The lowest BCUT2D eigenvalue weighted by atomic mass is 10.0. The number of benzene rings is 2. The second-order valence-corrected chi connectivity index (χ2v) is 11.9. The monoisotopic (exact) mass is 611 g/mol. The number of carbonyl (C=O) groups is 3. The van der Waals surface area contributed by atoms with Crippen LogP contribution in [-0.4, -0.2) is 90.5 Å². The first-order chi connectivity index (χ1) is 21.0. The number of likely N-dealkylation sites (N-methyl/N-ethyl adjacent to an activating group) is 1. The molecule has 0 saturated carbocycles. The molecule has 4 N–H and O–H groups in total. The van der Waals surface area contributed by atoms with Gasteiger partial charge in [0.15, 0.2) is 0 Å². The summed E-state index contributed by atoms with van der Waals surface area (Å²) in [5.41, 5.74) is 1.44. The van der Waals surface area contributed by atoms with Crippen LogP contribution in [0.25, 0.3) is 0 Å². The van der Waals surface area contributed by atoms with Gasteiger partial charge in [-0.1, -0.05) is 25.1 Å². The Labute approximate surface area is 261 Å². The lowest BCUT2D eigenvalue weighted by Gasteiger charge is -2.35. The second-order valence-electron chi connectivity index (χ2n) is 11.9. The quantitative estimate of drug-likeness (QED) is 0.341. The lowest BCUT2D eigenvalue weighted by molar-refractivity contribution is -0.0115. The maximum atomic E-state index is 14.2. The molecule has 0 fully saturated rings. The van der Waals surface area contributed by atoms with Gasteiger partial charge in [0.1, 0.15) is 5.75 Å². The minimum absolute atomic E-state index is 0.0564. The van der Waals surface area contributed by atoms with Gasteiger partial charge in [-0.15, -0.1) is 0 Å².